The fourth-order valence-electron chi connectivity index (χ4n) is 1.07. The lowest BCUT2D eigenvalue weighted by molar-refractivity contribution is -0.139. The number of ether oxygens (including phenoxy) is 1. The molecule has 0 heterocycles. The van der Waals surface area contributed by atoms with Crippen LogP contribution < -0.4 is 5.32 Å². The number of nitrogens with one attached hydrogen (secondary N) is 1. The lowest BCUT2D eigenvalue weighted by Crippen LogP contribution is -2.24. The van der Waals surface area contributed by atoms with Gasteiger partial charge in [-0.1, -0.05) is 15.9 Å². The van der Waals surface area contributed by atoms with Crippen LogP contribution in [0.1, 0.15) is 0 Å². The molecule has 1 N–H and O–H groups in total. The summed E-state index contributed by atoms with van der Waals surface area (Å²) in [4.78, 5) is 10.3. The van der Waals surface area contributed by atoms with Crippen LogP contribution in [0.15, 0.2) is 12.1 Å². The Kier molecular flexibility index (Phi) is 4.80. The van der Waals surface area contributed by atoms with Crippen molar-refractivity contribution in [2.45, 2.75) is 4.83 Å². The summed E-state index contributed by atoms with van der Waals surface area (Å²) in [6.07, 6.45) is 0. The van der Waals surface area contributed by atoms with Crippen LogP contribution >= 0.6 is 15.9 Å². The van der Waals surface area contributed by atoms with Gasteiger partial charge < -0.3 is 10.1 Å². The average molecular weight is 312 g/mol. The molecule has 0 saturated heterocycles. The molecule has 7 heteroatoms. The summed E-state index contributed by atoms with van der Waals surface area (Å²) < 4.78 is 43.0. The van der Waals surface area contributed by atoms with E-state index in [2.05, 4.69) is 26.0 Å². The maximum Gasteiger partial charge on any atom is 0.321 e. The van der Waals surface area contributed by atoms with Crippen LogP contribution in [0.2, 0.25) is 0 Å². The van der Waals surface area contributed by atoms with E-state index in [-0.39, 0.29) is 12.2 Å². The molecular weight excluding hydrogens is 303 g/mol. The fourth-order valence-corrected chi connectivity index (χ4v) is 1.42. The van der Waals surface area contributed by atoms with Crippen molar-refractivity contribution in [2.75, 3.05) is 19.0 Å². The summed E-state index contributed by atoms with van der Waals surface area (Å²) in [5.41, 5.74) is -0.225. The van der Waals surface area contributed by atoms with Crippen molar-refractivity contribution >= 4 is 27.6 Å². The van der Waals surface area contributed by atoms with Crippen molar-refractivity contribution in [1.29, 1.82) is 0 Å². The molecule has 0 amide bonds. The van der Waals surface area contributed by atoms with Gasteiger partial charge in [0.25, 0.3) is 0 Å². The van der Waals surface area contributed by atoms with E-state index in [1.165, 1.54) is 7.11 Å². The van der Waals surface area contributed by atoms with E-state index in [1.54, 1.807) is 0 Å². The normalized spacial score (nSPS) is 12.1. The fraction of sp³-hybridized carbons (Fsp3) is 0.300. The number of hydrogen-bond donors (Lipinski definition) is 1. The summed E-state index contributed by atoms with van der Waals surface area (Å²) >= 11 is 2.99. The number of alkyl halides is 1. The minimum absolute atomic E-state index is 0.0192. The molecule has 0 radical (unpaired) electrons. The molecule has 1 aromatic carbocycles. The van der Waals surface area contributed by atoms with Crippen molar-refractivity contribution < 1.29 is 22.7 Å². The predicted octanol–water partition coefficient (Wildman–Crippen LogP) is 2.45. The highest BCUT2D eigenvalue weighted by Gasteiger charge is 2.16. The SMILES string of the molecule is COC(=O)C(Br)CNc1cc(F)c(F)cc1F. The molecule has 0 bridgehead atoms. The van der Waals surface area contributed by atoms with Crippen molar-refractivity contribution in [1.82, 2.24) is 0 Å². The third kappa shape index (κ3) is 3.62. The maximum absolute atomic E-state index is 13.2. The summed E-state index contributed by atoms with van der Waals surface area (Å²) in [7, 11) is 1.20. The van der Waals surface area contributed by atoms with Crippen LogP contribution in [0.4, 0.5) is 18.9 Å². The number of rotatable bonds is 4. The monoisotopic (exact) mass is 311 g/mol. The summed E-state index contributed by atoms with van der Waals surface area (Å²) in [5, 5.41) is 2.47. The topological polar surface area (TPSA) is 38.3 Å². The Hall–Kier alpha value is -1.24. The van der Waals surface area contributed by atoms with E-state index in [1.807, 2.05) is 0 Å². The number of carbonyl (C=O) groups is 1. The molecule has 94 valence electrons. The largest absolute Gasteiger partial charge is 0.468 e. The number of halogens is 4. The zero-order chi connectivity index (χ0) is 13.0. The minimum atomic E-state index is -1.27. The van der Waals surface area contributed by atoms with Gasteiger partial charge in [-0.05, 0) is 0 Å². The third-order valence-corrected chi connectivity index (χ3v) is 2.64. The highest BCUT2D eigenvalue weighted by atomic mass is 79.9. The Morgan fingerprint density at radius 1 is 1.35 bits per heavy atom. The Bertz CT molecular complexity index is 428. The van der Waals surface area contributed by atoms with Gasteiger partial charge in [0.05, 0.1) is 12.8 Å². The summed E-state index contributed by atoms with van der Waals surface area (Å²) in [6.45, 7) is -0.0192. The maximum atomic E-state index is 13.2. The summed E-state index contributed by atoms with van der Waals surface area (Å²) in [6, 6.07) is 1.11. The zero-order valence-electron chi connectivity index (χ0n) is 8.77. The number of carbonyl (C=O) groups excluding carboxylic acids is 1. The predicted molar refractivity (Wildman–Crippen MR) is 59.5 cm³/mol. The molecule has 1 rings (SSSR count). The Labute approximate surface area is 104 Å². The lowest BCUT2D eigenvalue weighted by atomic mass is 10.2. The van der Waals surface area contributed by atoms with Crippen molar-refractivity contribution in [3.05, 3.63) is 29.6 Å². The first-order valence-corrected chi connectivity index (χ1v) is 5.47. The van der Waals surface area contributed by atoms with Gasteiger partial charge in [-0.15, -0.1) is 0 Å². The van der Waals surface area contributed by atoms with Gasteiger partial charge in [0.2, 0.25) is 0 Å². The Balaban J connectivity index is 2.70. The van der Waals surface area contributed by atoms with Crippen LogP contribution in [-0.4, -0.2) is 24.5 Å². The molecule has 0 spiro atoms. The number of esters is 1. The van der Waals surface area contributed by atoms with Crippen molar-refractivity contribution in [2.24, 2.45) is 0 Å². The molecule has 0 aromatic heterocycles. The molecule has 1 aromatic rings. The molecule has 0 fully saturated rings. The van der Waals surface area contributed by atoms with Gasteiger partial charge in [0.15, 0.2) is 11.6 Å². The number of anilines is 1. The second-order valence-corrected chi connectivity index (χ2v) is 4.22. The zero-order valence-corrected chi connectivity index (χ0v) is 10.4. The molecule has 17 heavy (non-hydrogen) atoms. The molecule has 0 aliphatic rings. The Morgan fingerprint density at radius 2 is 1.94 bits per heavy atom. The standard InChI is InChI=1S/C10H9BrF3NO2/c1-17-10(16)5(11)4-15-9-3-7(13)6(12)2-8(9)14/h2-3,5,15H,4H2,1H3. The molecule has 0 saturated carbocycles. The molecule has 1 unspecified atom stereocenters. The van der Waals surface area contributed by atoms with Crippen LogP contribution in [0.25, 0.3) is 0 Å². The van der Waals surface area contributed by atoms with E-state index in [0.717, 1.165) is 0 Å². The first-order chi connectivity index (χ1) is 7.95. The Morgan fingerprint density at radius 3 is 2.53 bits per heavy atom. The highest BCUT2D eigenvalue weighted by molar-refractivity contribution is 9.10. The van der Waals surface area contributed by atoms with Crippen LogP contribution in [0.3, 0.4) is 0 Å². The van der Waals surface area contributed by atoms with Crippen LogP contribution in [-0.2, 0) is 9.53 Å². The summed E-state index contributed by atoms with van der Waals surface area (Å²) in [5.74, 6) is -3.93. The number of hydrogen-bond acceptors (Lipinski definition) is 3. The van der Waals surface area contributed by atoms with E-state index in [4.69, 9.17) is 0 Å². The first kappa shape index (κ1) is 13.8. The first-order valence-electron chi connectivity index (χ1n) is 4.56. The second-order valence-electron chi connectivity index (χ2n) is 3.12. The quantitative estimate of drug-likeness (QED) is 0.527. The molecular formula is C10H9BrF3NO2. The smallest absolute Gasteiger partial charge is 0.321 e. The van der Waals surface area contributed by atoms with E-state index >= 15 is 0 Å². The molecule has 0 aliphatic carbocycles. The van der Waals surface area contributed by atoms with Gasteiger partial charge >= 0.3 is 5.97 Å². The van der Waals surface area contributed by atoms with Crippen molar-refractivity contribution in [3.63, 3.8) is 0 Å². The van der Waals surface area contributed by atoms with Gasteiger partial charge in [0.1, 0.15) is 10.6 Å². The van der Waals surface area contributed by atoms with Gasteiger partial charge in [0, 0.05) is 18.7 Å². The number of methoxy groups -OCH3 is 1. The van der Waals surface area contributed by atoms with E-state index in [9.17, 15) is 18.0 Å². The van der Waals surface area contributed by atoms with Gasteiger partial charge in [-0.25, -0.2) is 13.2 Å². The van der Waals surface area contributed by atoms with Crippen molar-refractivity contribution in [3.8, 4) is 0 Å². The molecule has 1 atom stereocenters. The van der Waals surface area contributed by atoms with E-state index in [0.29, 0.717) is 12.1 Å². The molecule has 0 aliphatic heterocycles. The minimum Gasteiger partial charge on any atom is -0.468 e. The van der Waals surface area contributed by atoms with Gasteiger partial charge in [-0.2, -0.15) is 0 Å². The molecule has 3 nitrogen and oxygen atoms in total. The van der Waals surface area contributed by atoms with Crippen LogP contribution in [0, 0.1) is 17.5 Å². The average Bonchev–Trinajstić information content (AvgIpc) is 2.30. The van der Waals surface area contributed by atoms with Gasteiger partial charge in [-0.3, -0.25) is 4.79 Å². The highest BCUT2D eigenvalue weighted by Crippen LogP contribution is 2.18. The third-order valence-electron chi connectivity index (χ3n) is 1.94. The number of benzene rings is 1. The van der Waals surface area contributed by atoms with E-state index < -0.39 is 28.2 Å². The lowest BCUT2D eigenvalue weighted by Gasteiger charge is -2.11. The second kappa shape index (κ2) is 5.90. The van der Waals surface area contributed by atoms with Crippen LogP contribution in [0.5, 0.6) is 0 Å².